The largest absolute Gasteiger partial charge is 0.392 e. The molecule has 1 atom stereocenters. The van der Waals surface area contributed by atoms with Crippen molar-refractivity contribution in [2.45, 2.75) is 58.9 Å². The highest BCUT2D eigenvalue weighted by molar-refractivity contribution is 7.80. The first-order valence-electron chi connectivity index (χ1n) is 6.52. The topological polar surface area (TPSA) is 46.3 Å². The van der Waals surface area contributed by atoms with Gasteiger partial charge in [0.05, 0.1) is 10.4 Å². The van der Waals surface area contributed by atoms with Crippen molar-refractivity contribution in [1.29, 1.82) is 0 Å². The summed E-state index contributed by atoms with van der Waals surface area (Å²) in [5, 5.41) is 0. The first-order chi connectivity index (χ1) is 7.91. The molecule has 1 aliphatic rings. The third-order valence-corrected chi connectivity index (χ3v) is 4.27. The van der Waals surface area contributed by atoms with E-state index in [9.17, 15) is 4.79 Å². The lowest BCUT2D eigenvalue weighted by molar-refractivity contribution is -0.139. The van der Waals surface area contributed by atoms with Gasteiger partial charge in [-0.3, -0.25) is 4.79 Å². The Kier molecular flexibility index (Phi) is 4.92. The molecule has 1 aliphatic heterocycles. The maximum absolute atomic E-state index is 12.5. The van der Waals surface area contributed by atoms with Gasteiger partial charge in [-0.2, -0.15) is 0 Å². The predicted octanol–water partition coefficient (Wildman–Crippen LogP) is 2.48. The summed E-state index contributed by atoms with van der Waals surface area (Å²) in [6, 6.07) is 0.360. The van der Waals surface area contributed by atoms with Crippen molar-refractivity contribution >= 4 is 23.1 Å². The minimum absolute atomic E-state index is 0.0961. The molecule has 2 N–H and O–H groups in total. The number of nitrogens with zero attached hydrogens (tertiary/aromatic N) is 1. The Morgan fingerprint density at radius 1 is 1.41 bits per heavy atom. The maximum Gasteiger partial charge on any atom is 0.235 e. The summed E-state index contributed by atoms with van der Waals surface area (Å²) in [5.41, 5.74) is 4.97. The second-order valence-electron chi connectivity index (χ2n) is 5.40. The van der Waals surface area contributed by atoms with E-state index >= 15 is 0 Å². The Morgan fingerprint density at radius 2 is 2.06 bits per heavy atom. The lowest BCUT2D eigenvalue weighted by atomic mass is 9.90. The van der Waals surface area contributed by atoms with Crippen LogP contribution in [0.15, 0.2) is 0 Å². The molecule has 0 aliphatic carbocycles. The number of carbonyl (C=O) groups excluding carboxylic acids is 1. The number of rotatable bonds is 3. The third kappa shape index (κ3) is 3.18. The number of thiocarbonyl (C=S) groups is 1. The second kappa shape index (κ2) is 5.80. The predicted molar refractivity (Wildman–Crippen MR) is 74.8 cm³/mol. The molecule has 0 aromatic heterocycles. The van der Waals surface area contributed by atoms with Crippen LogP contribution >= 0.6 is 12.2 Å². The first kappa shape index (κ1) is 14.4. The smallest absolute Gasteiger partial charge is 0.235 e. The summed E-state index contributed by atoms with van der Waals surface area (Å²) >= 11 is 5.02. The zero-order valence-electron chi connectivity index (χ0n) is 11.2. The number of likely N-dealkylation sites (tertiary alicyclic amines) is 1. The summed E-state index contributed by atoms with van der Waals surface area (Å²) in [7, 11) is 0. The van der Waals surface area contributed by atoms with Crippen LogP contribution in [0.4, 0.5) is 0 Å². The van der Waals surface area contributed by atoms with E-state index in [-0.39, 0.29) is 5.91 Å². The minimum Gasteiger partial charge on any atom is -0.392 e. The summed E-state index contributed by atoms with van der Waals surface area (Å²) in [4.78, 5) is 14.8. The highest BCUT2D eigenvalue weighted by atomic mass is 32.1. The van der Waals surface area contributed by atoms with E-state index in [2.05, 4.69) is 6.92 Å². The SMILES string of the molecule is CCC1CCCCCN1C(=O)C(C)(C)C(N)=S. The van der Waals surface area contributed by atoms with Crippen LogP contribution in [0.5, 0.6) is 0 Å². The van der Waals surface area contributed by atoms with E-state index < -0.39 is 5.41 Å². The molecular formula is C13H24N2OS. The van der Waals surface area contributed by atoms with Crippen molar-refractivity contribution in [3.63, 3.8) is 0 Å². The number of nitrogens with two attached hydrogens (primary N) is 1. The molecule has 1 amide bonds. The average Bonchev–Trinajstić information content (AvgIpc) is 2.52. The molecule has 1 fully saturated rings. The van der Waals surface area contributed by atoms with Crippen LogP contribution in [0.25, 0.3) is 0 Å². The first-order valence-corrected chi connectivity index (χ1v) is 6.93. The van der Waals surface area contributed by atoms with Gasteiger partial charge in [0.1, 0.15) is 0 Å². The van der Waals surface area contributed by atoms with Gasteiger partial charge < -0.3 is 10.6 Å². The Bertz CT molecular complexity index is 302. The van der Waals surface area contributed by atoms with Crippen molar-refractivity contribution < 1.29 is 4.79 Å². The number of carbonyl (C=O) groups is 1. The Morgan fingerprint density at radius 3 is 2.59 bits per heavy atom. The molecule has 1 heterocycles. The molecule has 0 aromatic rings. The van der Waals surface area contributed by atoms with Gasteiger partial charge in [0.15, 0.2) is 0 Å². The van der Waals surface area contributed by atoms with Gasteiger partial charge in [0.25, 0.3) is 0 Å². The van der Waals surface area contributed by atoms with E-state index in [0.29, 0.717) is 11.0 Å². The molecule has 17 heavy (non-hydrogen) atoms. The molecule has 0 bridgehead atoms. The van der Waals surface area contributed by atoms with Gasteiger partial charge in [-0.05, 0) is 33.1 Å². The monoisotopic (exact) mass is 256 g/mol. The van der Waals surface area contributed by atoms with Gasteiger partial charge in [0.2, 0.25) is 5.91 Å². The Hall–Kier alpha value is -0.640. The summed E-state index contributed by atoms with van der Waals surface area (Å²) in [6.45, 7) is 6.65. The number of hydrogen-bond acceptors (Lipinski definition) is 2. The van der Waals surface area contributed by atoms with Crippen LogP contribution in [-0.2, 0) is 4.79 Å². The Balaban J connectivity index is 2.87. The normalized spacial score (nSPS) is 22.1. The summed E-state index contributed by atoms with van der Waals surface area (Å²) in [5.74, 6) is 0.0961. The fourth-order valence-electron chi connectivity index (χ4n) is 2.33. The molecule has 1 unspecified atom stereocenters. The van der Waals surface area contributed by atoms with Crippen LogP contribution in [0.2, 0.25) is 0 Å². The number of amides is 1. The molecule has 0 spiro atoms. The molecule has 0 saturated carbocycles. The maximum atomic E-state index is 12.5. The average molecular weight is 256 g/mol. The molecular weight excluding hydrogens is 232 g/mol. The lowest BCUT2D eigenvalue weighted by Crippen LogP contribution is -2.50. The van der Waals surface area contributed by atoms with E-state index in [1.54, 1.807) is 0 Å². The number of hydrogen-bond donors (Lipinski definition) is 1. The van der Waals surface area contributed by atoms with Gasteiger partial charge in [-0.25, -0.2) is 0 Å². The standard InChI is InChI=1S/C13H24N2OS/c1-4-10-8-6-5-7-9-15(10)12(16)13(2,3)11(14)17/h10H,4-9H2,1-3H3,(H2,14,17). The Labute approximate surface area is 110 Å². The summed E-state index contributed by atoms with van der Waals surface area (Å²) < 4.78 is 0. The van der Waals surface area contributed by atoms with E-state index in [0.717, 1.165) is 25.8 Å². The van der Waals surface area contributed by atoms with Crippen molar-refractivity contribution in [2.75, 3.05) is 6.54 Å². The zero-order chi connectivity index (χ0) is 13.1. The highest BCUT2D eigenvalue weighted by Crippen LogP contribution is 2.26. The van der Waals surface area contributed by atoms with Crippen LogP contribution in [-0.4, -0.2) is 28.4 Å². The van der Waals surface area contributed by atoms with Crippen molar-refractivity contribution in [1.82, 2.24) is 4.90 Å². The lowest BCUT2D eigenvalue weighted by Gasteiger charge is -2.35. The fraction of sp³-hybridized carbons (Fsp3) is 0.846. The fourth-order valence-corrected chi connectivity index (χ4v) is 2.42. The van der Waals surface area contributed by atoms with Gasteiger partial charge in [-0.1, -0.05) is 32.0 Å². The van der Waals surface area contributed by atoms with Crippen LogP contribution in [0, 0.1) is 5.41 Å². The minimum atomic E-state index is -0.715. The second-order valence-corrected chi connectivity index (χ2v) is 5.84. The van der Waals surface area contributed by atoms with Gasteiger partial charge >= 0.3 is 0 Å². The van der Waals surface area contributed by atoms with Crippen molar-refractivity contribution in [3.8, 4) is 0 Å². The molecule has 98 valence electrons. The van der Waals surface area contributed by atoms with E-state index in [1.165, 1.54) is 12.8 Å². The van der Waals surface area contributed by atoms with Crippen LogP contribution in [0.1, 0.15) is 52.9 Å². The van der Waals surface area contributed by atoms with E-state index in [1.807, 2.05) is 18.7 Å². The van der Waals surface area contributed by atoms with Crippen molar-refractivity contribution in [2.24, 2.45) is 11.1 Å². The molecule has 1 rings (SSSR count). The molecule has 0 aromatic carbocycles. The third-order valence-electron chi connectivity index (χ3n) is 3.76. The van der Waals surface area contributed by atoms with E-state index in [4.69, 9.17) is 18.0 Å². The van der Waals surface area contributed by atoms with Crippen LogP contribution < -0.4 is 5.73 Å². The van der Waals surface area contributed by atoms with Crippen LogP contribution in [0.3, 0.4) is 0 Å². The van der Waals surface area contributed by atoms with Crippen molar-refractivity contribution in [3.05, 3.63) is 0 Å². The molecule has 3 nitrogen and oxygen atoms in total. The van der Waals surface area contributed by atoms with Gasteiger partial charge in [0, 0.05) is 12.6 Å². The quantitative estimate of drug-likeness (QED) is 0.789. The molecule has 4 heteroatoms. The van der Waals surface area contributed by atoms with Gasteiger partial charge in [-0.15, -0.1) is 0 Å². The highest BCUT2D eigenvalue weighted by Gasteiger charge is 2.37. The molecule has 0 radical (unpaired) electrons. The summed E-state index contributed by atoms with van der Waals surface area (Å²) in [6.07, 6.45) is 5.65. The zero-order valence-corrected chi connectivity index (χ0v) is 12.0. The molecule has 1 saturated heterocycles.